The van der Waals surface area contributed by atoms with Gasteiger partial charge in [-0.3, -0.25) is 0 Å². The van der Waals surface area contributed by atoms with Gasteiger partial charge in [0.05, 0.1) is 16.5 Å². The van der Waals surface area contributed by atoms with Crippen LogP contribution in [0.15, 0.2) is 28.6 Å². The molecule has 0 saturated heterocycles. The topological polar surface area (TPSA) is 68.3 Å². The van der Waals surface area contributed by atoms with E-state index in [0.717, 1.165) is 16.3 Å². The Morgan fingerprint density at radius 1 is 1.27 bits per heavy atom. The van der Waals surface area contributed by atoms with E-state index in [1.165, 1.54) is 11.3 Å². The lowest BCUT2D eigenvalue weighted by atomic mass is 10.1. The molecule has 0 spiro atoms. The van der Waals surface area contributed by atoms with Crippen molar-refractivity contribution in [3.63, 3.8) is 0 Å². The maximum absolute atomic E-state index is 12.4. The van der Waals surface area contributed by atoms with E-state index in [9.17, 15) is 8.42 Å². The highest BCUT2D eigenvalue weighted by Crippen LogP contribution is 2.25. The third-order valence-electron chi connectivity index (χ3n) is 3.18. The number of thiazole rings is 1. The molecular weight excluding hydrogens is 320 g/mol. The molecule has 0 saturated carbocycles. The Hall–Kier alpha value is -1.44. The standard InChI is InChI=1S/C15H20N2O3S2/c1-4-20-13-9-12(3)14(10-11(13)2)22(18,19)17-6-5-15-16-7-8-21-15/h7-10,17H,4-6H2,1-3H3. The van der Waals surface area contributed by atoms with Gasteiger partial charge in [-0.2, -0.15) is 0 Å². The van der Waals surface area contributed by atoms with Crippen LogP contribution in [-0.4, -0.2) is 26.6 Å². The van der Waals surface area contributed by atoms with E-state index in [2.05, 4.69) is 9.71 Å². The number of aromatic nitrogens is 1. The Balaban J connectivity index is 2.13. The molecule has 1 aromatic carbocycles. The van der Waals surface area contributed by atoms with E-state index >= 15 is 0 Å². The first-order valence-corrected chi connectivity index (χ1v) is 9.42. The van der Waals surface area contributed by atoms with Crippen LogP contribution in [0.5, 0.6) is 5.75 Å². The van der Waals surface area contributed by atoms with E-state index in [0.29, 0.717) is 30.0 Å². The summed E-state index contributed by atoms with van der Waals surface area (Å²) < 4.78 is 33.0. The Morgan fingerprint density at radius 3 is 2.68 bits per heavy atom. The largest absolute Gasteiger partial charge is 0.494 e. The van der Waals surface area contributed by atoms with Gasteiger partial charge in [0.25, 0.3) is 0 Å². The Bertz CT molecular complexity index is 725. The fourth-order valence-corrected chi connectivity index (χ4v) is 4.07. The summed E-state index contributed by atoms with van der Waals surface area (Å²) in [7, 11) is -3.53. The molecule has 1 N–H and O–H groups in total. The summed E-state index contributed by atoms with van der Waals surface area (Å²) in [6.45, 7) is 6.41. The number of hydrogen-bond acceptors (Lipinski definition) is 5. The van der Waals surface area contributed by atoms with Gasteiger partial charge in [0.1, 0.15) is 5.75 Å². The minimum atomic E-state index is -3.53. The second kappa shape index (κ2) is 7.21. The molecule has 22 heavy (non-hydrogen) atoms. The molecule has 0 amide bonds. The number of aryl methyl sites for hydroxylation is 2. The van der Waals surface area contributed by atoms with Crippen LogP contribution in [0.1, 0.15) is 23.1 Å². The highest BCUT2D eigenvalue weighted by molar-refractivity contribution is 7.89. The van der Waals surface area contributed by atoms with Crippen LogP contribution in [0.3, 0.4) is 0 Å². The Labute approximate surface area is 135 Å². The molecule has 0 aliphatic carbocycles. The molecule has 1 aromatic heterocycles. The highest BCUT2D eigenvalue weighted by atomic mass is 32.2. The summed E-state index contributed by atoms with van der Waals surface area (Å²) in [5.74, 6) is 0.724. The SMILES string of the molecule is CCOc1cc(C)c(S(=O)(=O)NCCc2nccs2)cc1C. The summed E-state index contributed by atoms with van der Waals surface area (Å²) >= 11 is 1.52. The molecule has 0 aliphatic heterocycles. The smallest absolute Gasteiger partial charge is 0.240 e. The molecule has 0 fully saturated rings. The lowest BCUT2D eigenvalue weighted by Crippen LogP contribution is -2.26. The molecule has 2 aromatic rings. The predicted octanol–water partition coefficient (Wildman–Crippen LogP) is 2.68. The minimum absolute atomic E-state index is 0.299. The average molecular weight is 340 g/mol. The number of ether oxygens (including phenoxy) is 1. The maximum atomic E-state index is 12.4. The predicted molar refractivity (Wildman–Crippen MR) is 88.1 cm³/mol. The van der Waals surface area contributed by atoms with Crippen LogP contribution in [0.25, 0.3) is 0 Å². The molecule has 0 aliphatic rings. The number of rotatable bonds is 7. The molecule has 2 rings (SSSR count). The normalized spacial score (nSPS) is 11.6. The molecular formula is C15H20N2O3S2. The molecule has 0 atom stereocenters. The van der Waals surface area contributed by atoms with E-state index in [1.807, 2.05) is 19.2 Å². The third-order valence-corrected chi connectivity index (χ3v) is 5.62. The van der Waals surface area contributed by atoms with E-state index in [1.54, 1.807) is 25.3 Å². The summed E-state index contributed by atoms with van der Waals surface area (Å²) in [6.07, 6.45) is 2.31. The molecule has 0 radical (unpaired) electrons. The minimum Gasteiger partial charge on any atom is -0.494 e. The van der Waals surface area contributed by atoms with Crippen LogP contribution in [0, 0.1) is 13.8 Å². The maximum Gasteiger partial charge on any atom is 0.240 e. The molecule has 120 valence electrons. The summed E-state index contributed by atoms with van der Waals surface area (Å²) in [6, 6.07) is 3.43. The number of sulfonamides is 1. The monoisotopic (exact) mass is 340 g/mol. The molecule has 7 heteroatoms. The zero-order valence-electron chi connectivity index (χ0n) is 12.9. The number of nitrogens with one attached hydrogen (secondary N) is 1. The zero-order chi connectivity index (χ0) is 16.2. The van der Waals surface area contributed by atoms with E-state index in [4.69, 9.17) is 4.74 Å². The van der Waals surface area contributed by atoms with Gasteiger partial charge < -0.3 is 4.74 Å². The van der Waals surface area contributed by atoms with Crippen molar-refractivity contribution in [3.05, 3.63) is 39.8 Å². The molecule has 1 heterocycles. The number of hydrogen-bond donors (Lipinski definition) is 1. The third kappa shape index (κ3) is 4.06. The van der Waals surface area contributed by atoms with Crippen LogP contribution in [0.2, 0.25) is 0 Å². The van der Waals surface area contributed by atoms with Gasteiger partial charge in [-0.1, -0.05) is 0 Å². The van der Waals surface area contributed by atoms with Gasteiger partial charge in [-0.15, -0.1) is 11.3 Å². The summed E-state index contributed by atoms with van der Waals surface area (Å²) in [5, 5.41) is 2.80. The lowest BCUT2D eigenvalue weighted by molar-refractivity contribution is 0.337. The number of benzene rings is 1. The lowest BCUT2D eigenvalue weighted by Gasteiger charge is -2.13. The summed E-state index contributed by atoms with van der Waals surface area (Å²) in [5.41, 5.74) is 1.49. The van der Waals surface area contributed by atoms with Gasteiger partial charge in [0.2, 0.25) is 10.0 Å². The average Bonchev–Trinajstić information content (AvgIpc) is 2.95. The van der Waals surface area contributed by atoms with Crippen molar-refractivity contribution in [2.45, 2.75) is 32.1 Å². The van der Waals surface area contributed by atoms with Gasteiger partial charge in [-0.05, 0) is 44.0 Å². The fraction of sp³-hybridized carbons (Fsp3) is 0.400. The van der Waals surface area contributed by atoms with E-state index < -0.39 is 10.0 Å². The van der Waals surface area contributed by atoms with Crippen LogP contribution in [-0.2, 0) is 16.4 Å². The van der Waals surface area contributed by atoms with Crippen molar-refractivity contribution in [3.8, 4) is 5.75 Å². The van der Waals surface area contributed by atoms with Gasteiger partial charge in [0.15, 0.2) is 0 Å². The quantitative estimate of drug-likeness (QED) is 0.841. The Kier molecular flexibility index (Phi) is 5.55. The second-order valence-electron chi connectivity index (χ2n) is 4.89. The van der Waals surface area contributed by atoms with Gasteiger partial charge >= 0.3 is 0 Å². The van der Waals surface area contributed by atoms with Crippen LogP contribution >= 0.6 is 11.3 Å². The van der Waals surface area contributed by atoms with Crippen molar-refractivity contribution in [1.82, 2.24) is 9.71 Å². The van der Waals surface area contributed by atoms with E-state index in [-0.39, 0.29) is 0 Å². The fourth-order valence-electron chi connectivity index (χ4n) is 2.11. The first kappa shape index (κ1) is 16.9. The summed E-state index contributed by atoms with van der Waals surface area (Å²) in [4.78, 5) is 4.44. The Morgan fingerprint density at radius 2 is 2.05 bits per heavy atom. The first-order valence-electron chi connectivity index (χ1n) is 7.06. The highest BCUT2D eigenvalue weighted by Gasteiger charge is 2.18. The molecule has 0 unspecified atom stereocenters. The van der Waals surface area contributed by atoms with Crippen molar-refractivity contribution >= 4 is 21.4 Å². The van der Waals surface area contributed by atoms with Crippen molar-refractivity contribution in [2.24, 2.45) is 0 Å². The van der Waals surface area contributed by atoms with Crippen molar-refractivity contribution in [1.29, 1.82) is 0 Å². The molecule has 5 nitrogen and oxygen atoms in total. The van der Waals surface area contributed by atoms with Crippen LogP contribution < -0.4 is 9.46 Å². The van der Waals surface area contributed by atoms with Crippen molar-refractivity contribution < 1.29 is 13.2 Å². The number of nitrogens with zero attached hydrogens (tertiary/aromatic N) is 1. The van der Waals surface area contributed by atoms with Crippen LogP contribution in [0.4, 0.5) is 0 Å². The second-order valence-corrected chi connectivity index (χ2v) is 7.60. The van der Waals surface area contributed by atoms with Gasteiger partial charge in [0, 0.05) is 24.5 Å². The molecule has 0 bridgehead atoms. The first-order chi connectivity index (χ1) is 10.4. The van der Waals surface area contributed by atoms with Crippen molar-refractivity contribution in [2.75, 3.05) is 13.2 Å². The zero-order valence-corrected chi connectivity index (χ0v) is 14.6. The van der Waals surface area contributed by atoms with Gasteiger partial charge in [-0.25, -0.2) is 18.1 Å².